The van der Waals surface area contributed by atoms with Crippen LogP contribution < -0.4 is 20.6 Å². The normalized spacial score (nSPS) is 15.4. The van der Waals surface area contributed by atoms with Gasteiger partial charge < -0.3 is 20.5 Å². The van der Waals surface area contributed by atoms with E-state index in [0.717, 1.165) is 25.7 Å². The maximum atomic E-state index is 12.9. The number of hydrogen-bond acceptors (Lipinski definition) is 7. The molecule has 0 spiro atoms. The first-order valence-electron chi connectivity index (χ1n) is 11.0. The lowest BCUT2D eigenvalue weighted by Crippen LogP contribution is -2.37. The van der Waals surface area contributed by atoms with E-state index in [1.807, 2.05) is 13.8 Å². The molecule has 0 unspecified atom stereocenters. The summed E-state index contributed by atoms with van der Waals surface area (Å²) < 4.78 is 12.1. The summed E-state index contributed by atoms with van der Waals surface area (Å²) in [5, 5.41) is 4.76. The van der Waals surface area contributed by atoms with Gasteiger partial charge in [-0.1, -0.05) is 38.3 Å². The second-order valence-corrected chi connectivity index (χ2v) is 9.72. The van der Waals surface area contributed by atoms with E-state index in [4.69, 9.17) is 26.8 Å². The van der Waals surface area contributed by atoms with E-state index in [9.17, 15) is 14.4 Å². The Hall–Kier alpha value is -2.69. The second kappa shape index (κ2) is 11.6. The minimum Gasteiger partial charge on any atom is -0.496 e. The molecule has 1 aliphatic rings. The Morgan fingerprint density at radius 1 is 1.29 bits per heavy atom. The van der Waals surface area contributed by atoms with Gasteiger partial charge in [0.2, 0.25) is 5.91 Å². The molecule has 1 aromatic carbocycles. The number of methoxy groups -OCH3 is 1. The van der Waals surface area contributed by atoms with Crippen LogP contribution in [-0.4, -0.2) is 35.5 Å². The number of nitrogens with one attached hydrogen (secondary N) is 1. The lowest BCUT2D eigenvalue weighted by atomic mass is 10.1. The lowest BCUT2D eigenvalue weighted by Gasteiger charge is -2.15. The summed E-state index contributed by atoms with van der Waals surface area (Å²) in [4.78, 5) is 41.9. The Kier molecular flexibility index (Phi) is 8.87. The number of nitrogens with zero attached hydrogens (tertiary/aromatic N) is 2. The SMILES string of the molecule is COc1cc(NC(=O)C2CCCC2)c(Cl)cc1C(=O)N=c1sccn1COC(=O)[C@@H](N)C(C)C. The summed E-state index contributed by atoms with van der Waals surface area (Å²) in [6, 6.07) is 2.21. The van der Waals surface area contributed by atoms with Crippen molar-refractivity contribution in [1.82, 2.24) is 4.57 Å². The third-order valence-corrected chi connectivity index (χ3v) is 6.80. The van der Waals surface area contributed by atoms with Crippen molar-refractivity contribution in [3.63, 3.8) is 0 Å². The average molecular weight is 509 g/mol. The fourth-order valence-electron chi connectivity index (χ4n) is 3.54. The Bertz CT molecular complexity index is 1120. The van der Waals surface area contributed by atoms with Crippen molar-refractivity contribution in [2.75, 3.05) is 12.4 Å². The van der Waals surface area contributed by atoms with Crippen LogP contribution in [0.25, 0.3) is 0 Å². The number of carbonyl (C=O) groups excluding carboxylic acids is 3. The maximum absolute atomic E-state index is 12.9. The number of nitrogens with two attached hydrogens (primary N) is 1. The molecule has 34 heavy (non-hydrogen) atoms. The Morgan fingerprint density at radius 2 is 2.00 bits per heavy atom. The topological polar surface area (TPSA) is 125 Å². The number of aromatic nitrogens is 1. The van der Waals surface area contributed by atoms with Crippen molar-refractivity contribution < 1.29 is 23.9 Å². The molecule has 1 aromatic heterocycles. The first-order chi connectivity index (χ1) is 16.2. The zero-order valence-electron chi connectivity index (χ0n) is 19.4. The lowest BCUT2D eigenvalue weighted by molar-refractivity contribution is -0.150. The molecule has 1 fully saturated rings. The monoisotopic (exact) mass is 508 g/mol. The molecule has 0 bridgehead atoms. The number of thiazole rings is 1. The molecule has 2 aromatic rings. The van der Waals surface area contributed by atoms with Gasteiger partial charge in [0.05, 0.1) is 23.4 Å². The number of anilines is 1. The minimum absolute atomic E-state index is 0.0307. The fraction of sp³-hybridized carbons (Fsp3) is 0.478. The number of hydrogen-bond donors (Lipinski definition) is 2. The Labute approximate surface area is 206 Å². The van der Waals surface area contributed by atoms with Crippen LogP contribution in [0.15, 0.2) is 28.7 Å². The van der Waals surface area contributed by atoms with Gasteiger partial charge in [0.15, 0.2) is 11.5 Å². The Morgan fingerprint density at radius 3 is 2.65 bits per heavy atom. The van der Waals surface area contributed by atoms with Crippen LogP contribution in [0.1, 0.15) is 49.9 Å². The highest BCUT2D eigenvalue weighted by molar-refractivity contribution is 7.07. The molecular formula is C23H29ClN4O5S. The zero-order chi connectivity index (χ0) is 24.8. The maximum Gasteiger partial charge on any atom is 0.324 e. The predicted molar refractivity (Wildman–Crippen MR) is 130 cm³/mol. The van der Waals surface area contributed by atoms with Crippen molar-refractivity contribution in [3.8, 4) is 5.75 Å². The Balaban J connectivity index is 1.78. The molecule has 0 radical (unpaired) electrons. The molecule has 0 saturated heterocycles. The number of esters is 1. The number of halogens is 1. The van der Waals surface area contributed by atoms with Gasteiger partial charge in [-0.05, 0) is 24.8 Å². The van der Waals surface area contributed by atoms with Gasteiger partial charge >= 0.3 is 5.97 Å². The summed E-state index contributed by atoms with van der Waals surface area (Å²) in [5.41, 5.74) is 6.33. The van der Waals surface area contributed by atoms with Crippen molar-refractivity contribution in [2.24, 2.45) is 22.6 Å². The quantitative estimate of drug-likeness (QED) is 0.525. The zero-order valence-corrected chi connectivity index (χ0v) is 20.9. The minimum atomic E-state index is -0.736. The molecule has 1 heterocycles. The van der Waals surface area contributed by atoms with E-state index in [1.165, 1.54) is 35.1 Å². The van der Waals surface area contributed by atoms with Gasteiger partial charge in [0.1, 0.15) is 11.8 Å². The average Bonchev–Trinajstić information content (AvgIpc) is 3.50. The molecule has 3 N–H and O–H groups in total. The van der Waals surface area contributed by atoms with Gasteiger partial charge in [0.25, 0.3) is 5.91 Å². The third kappa shape index (κ3) is 6.25. The molecule has 11 heteroatoms. The summed E-state index contributed by atoms with van der Waals surface area (Å²) in [7, 11) is 1.42. The van der Waals surface area contributed by atoms with E-state index in [2.05, 4.69) is 10.3 Å². The van der Waals surface area contributed by atoms with Crippen LogP contribution in [-0.2, 0) is 21.1 Å². The highest BCUT2D eigenvalue weighted by Crippen LogP contribution is 2.33. The van der Waals surface area contributed by atoms with E-state index >= 15 is 0 Å². The van der Waals surface area contributed by atoms with Crippen LogP contribution in [0, 0.1) is 11.8 Å². The number of amides is 2. The largest absolute Gasteiger partial charge is 0.496 e. The first-order valence-corrected chi connectivity index (χ1v) is 12.3. The van der Waals surface area contributed by atoms with E-state index in [1.54, 1.807) is 11.6 Å². The summed E-state index contributed by atoms with van der Waals surface area (Å²) >= 11 is 7.57. The van der Waals surface area contributed by atoms with Crippen LogP contribution in [0.5, 0.6) is 5.75 Å². The third-order valence-electron chi connectivity index (χ3n) is 5.70. The van der Waals surface area contributed by atoms with Gasteiger partial charge in [0, 0.05) is 23.6 Å². The molecule has 3 rings (SSSR count). The highest BCUT2D eigenvalue weighted by Gasteiger charge is 2.24. The molecule has 1 aliphatic carbocycles. The van der Waals surface area contributed by atoms with E-state index in [0.29, 0.717) is 10.5 Å². The van der Waals surface area contributed by atoms with Crippen LogP contribution in [0.3, 0.4) is 0 Å². The summed E-state index contributed by atoms with van der Waals surface area (Å²) in [6.45, 7) is 3.53. The highest BCUT2D eigenvalue weighted by atomic mass is 35.5. The van der Waals surface area contributed by atoms with Gasteiger partial charge in [-0.15, -0.1) is 11.3 Å². The molecular weight excluding hydrogens is 480 g/mol. The van der Waals surface area contributed by atoms with Gasteiger partial charge in [-0.3, -0.25) is 19.0 Å². The summed E-state index contributed by atoms with van der Waals surface area (Å²) in [5.74, 6) is -1.07. The van der Waals surface area contributed by atoms with Crippen molar-refractivity contribution in [1.29, 1.82) is 0 Å². The fourth-order valence-corrected chi connectivity index (χ4v) is 4.47. The molecule has 1 saturated carbocycles. The molecule has 0 aliphatic heterocycles. The summed E-state index contributed by atoms with van der Waals surface area (Å²) in [6.07, 6.45) is 5.44. The van der Waals surface area contributed by atoms with Crippen molar-refractivity contribution in [3.05, 3.63) is 39.1 Å². The number of ether oxygens (including phenoxy) is 2. The van der Waals surface area contributed by atoms with E-state index < -0.39 is 17.9 Å². The van der Waals surface area contributed by atoms with Gasteiger partial charge in [-0.2, -0.15) is 4.99 Å². The standard InChI is InChI=1S/C23H29ClN4O5S/c1-13(2)19(25)22(31)33-12-28-8-9-34-23(28)27-21(30)15-10-16(24)17(11-18(15)32-3)26-20(29)14-6-4-5-7-14/h8-11,13-14,19H,4-7,12,25H2,1-3H3,(H,26,29)/t19-/m0/s1. The van der Waals surface area contributed by atoms with Crippen LogP contribution in [0.2, 0.25) is 5.02 Å². The number of carbonyl (C=O) groups is 3. The number of rotatable bonds is 8. The molecule has 2 amide bonds. The predicted octanol–water partition coefficient (Wildman–Crippen LogP) is 3.57. The van der Waals surface area contributed by atoms with Crippen molar-refractivity contribution >= 4 is 46.4 Å². The van der Waals surface area contributed by atoms with Crippen LogP contribution >= 0.6 is 22.9 Å². The first kappa shape index (κ1) is 25.9. The number of benzene rings is 1. The molecule has 184 valence electrons. The molecule has 1 atom stereocenters. The second-order valence-electron chi connectivity index (χ2n) is 8.44. The van der Waals surface area contributed by atoms with E-state index in [-0.39, 0.29) is 40.8 Å². The van der Waals surface area contributed by atoms with Gasteiger partial charge in [-0.25, -0.2) is 0 Å². The molecule has 9 nitrogen and oxygen atoms in total. The smallest absolute Gasteiger partial charge is 0.324 e. The van der Waals surface area contributed by atoms with Crippen LogP contribution in [0.4, 0.5) is 5.69 Å². The van der Waals surface area contributed by atoms with Crippen molar-refractivity contribution in [2.45, 2.75) is 52.3 Å².